The molecule has 3 rings (SSSR count). The van der Waals surface area contributed by atoms with Gasteiger partial charge < -0.3 is 14.8 Å². The zero-order valence-corrected chi connectivity index (χ0v) is 19.3. The summed E-state index contributed by atoms with van der Waals surface area (Å²) in [6.45, 7) is 10.6. The number of rotatable bonds is 6. The molecule has 1 N–H and O–H groups in total. The highest BCUT2D eigenvalue weighted by Gasteiger charge is 2.29. The zero-order chi connectivity index (χ0) is 21.9. The van der Waals surface area contributed by atoms with Gasteiger partial charge in [-0.1, -0.05) is 39.8 Å². The van der Waals surface area contributed by atoms with Crippen LogP contribution in [0.2, 0.25) is 0 Å². The average Bonchev–Trinajstić information content (AvgIpc) is 3.03. The molecule has 1 atom stereocenters. The molecule has 2 aromatic rings. The first-order valence-electron chi connectivity index (χ1n) is 10.5. The predicted molar refractivity (Wildman–Crippen MR) is 121 cm³/mol. The summed E-state index contributed by atoms with van der Waals surface area (Å²) in [5, 5.41) is 3.45. The Hall–Kier alpha value is -2.34. The van der Waals surface area contributed by atoms with E-state index in [-0.39, 0.29) is 23.9 Å². The summed E-state index contributed by atoms with van der Waals surface area (Å²) in [6.07, 6.45) is 2.81. The lowest BCUT2D eigenvalue weighted by molar-refractivity contribution is -0.118. The molecule has 0 bridgehead atoms. The summed E-state index contributed by atoms with van der Waals surface area (Å²) in [4.78, 5) is 26.3. The molecule has 5 nitrogen and oxygen atoms in total. The molecular formula is C24H31NO4S. The lowest BCUT2D eigenvalue weighted by Gasteiger charge is -2.19. The van der Waals surface area contributed by atoms with Crippen molar-refractivity contribution in [2.45, 2.75) is 59.3 Å². The van der Waals surface area contributed by atoms with E-state index in [0.29, 0.717) is 28.8 Å². The molecule has 0 aliphatic heterocycles. The van der Waals surface area contributed by atoms with Crippen LogP contribution in [0.15, 0.2) is 24.3 Å². The maximum absolute atomic E-state index is 12.6. The molecular weight excluding hydrogens is 398 g/mol. The maximum Gasteiger partial charge on any atom is 0.341 e. The van der Waals surface area contributed by atoms with Gasteiger partial charge in [-0.15, -0.1) is 11.3 Å². The molecule has 1 aromatic carbocycles. The van der Waals surface area contributed by atoms with Crippen LogP contribution in [0.3, 0.4) is 0 Å². The molecule has 30 heavy (non-hydrogen) atoms. The number of thiophene rings is 1. The Morgan fingerprint density at radius 2 is 1.90 bits per heavy atom. The molecule has 6 heteroatoms. The van der Waals surface area contributed by atoms with Gasteiger partial charge in [0.25, 0.3) is 5.91 Å². The second-order valence-corrected chi connectivity index (χ2v) is 9.99. The standard InChI is InChI=1S/C24H31NO4S/c1-6-28-23(27)21-18-12-7-15(2)13-19(18)30-22(21)25-20(26)14-29-17-10-8-16(9-11-17)24(3,4)5/h8-11,15H,6-7,12-14H2,1-5H3,(H,25,26). The normalized spacial score (nSPS) is 16.0. The number of carbonyl (C=O) groups is 2. The summed E-state index contributed by atoms with van der Waals surface area (Å²) < 4.78 is 10.9. The van der Waals surface area contributed by atoms with Crippen LogP contribution >= 0.6 is 11.3 Å². The van der Waals surface area contributed by atoms with Crippen molar-refractivity contribution in [3.63, 3.8) is 0 Å². The third kappa shape index (κ3) is 5.22. The van der Waals surface area contributed by atoms with E-state index < -0.39 is 0 Å². The summed E-state index contributed by atoms with van der Waals surface area (Å²) >= 11 is 1.49. The SMILES string of the molecule is CCOC(=O)c1c(NC(=O)COc2ccc(C(C)(C)C)cc2)sc2c1CCC(C)C2. The summed E-state index contributed by atoms with van der Waals surface area (Å²) in [5.41, 5.74) is 2.82. The molecule has 0 fully saturated rings. The summed E-state index contributed by atoms with van der Waals surface area (Å²) in [7, 11) is 0. The number of amides is 1. The highest BCUT2D eigenvalue weighted by atomic mass is 32.1. The fourth-order valence-corrected chi connectivity index (χ4v) is 5.04. The Bertz CT molecular complexity index is 909. The lowest BCUT2D eigenvalue weighted by atomic mass is 9.87. The first-order chi connectivity index (χ1) is 14.2. The van der Waals surface area contributed by atoms with E-state index in [2.05, 4.69) is 33.0 Å². The number of fused-ring (bicyclic) bond motifs is 1. The third-order valence-corrected chi connectivity index (χ3v) is 6.50. The fraction of sp³-hybridized carbons (Fsp3) is 0.500. The molecule has 0 radical (unpaired) electrons. The van der Waals surface area contributed by atoms with Gasteiger partial charge in [-0.3, -0.25) is 4.79 Å². The second kappa shape index (κ2) is 9.21. The number of nitrogens with one attached hydrogen (secondary N) is 1. The van der Waals surface area contributed by atoms with Crippen molar-refractivity contribution in [3.05, 3.63) is 45.8 Å². The summed E-state index contributed by atoms with van der Waals surface area (Å²) in [6, 6.07) is 7.79. The number of anilines is 1. The molecule has 162 valence electrons. The van der Waals surface area contributed by atoms with E-state index in [1.54, 1.807) is 6.92 Å². The zero-order valence-electron chi connectivity index (χ0n) is 18.5. The number of benzene rings is 1. The molecule has 1 aliphatic carbocycles. The van der Waals surface area contributed by atoms with Crippen molar-refractivity contribution in [1.82, 2.24) is 0 Å². The van der Waals surface area contributed by atoms with Crippen LogP contribution < -0.4 is 10.1 Å². The molecule has 1 unspecified atom stereocenters. The molecule has 0 saturated heterocycles. The van der Waals surface area contributed by atoms with Gasteiger partial charge >= 0.3 is 5.97 Å². The van der Waals surface area contributed by atoms with Gasteiger partial charge in [0, 0.05) is 4.88 Å². The number of carbonyl (C=O) groups excluding carboxylic acids is 2. The first kappa shape index (κ1) is 22.3. The first-order valence-corrected chi connectivity index (χ1v) is 11.4. The number of hydrogen-bond acceptors (Lipinski definition) is 5. The van der Waals surface area contributed by atoms with E-state index in [0.717, 1.165) is 24.8 Å². The minimum absolute atomic E-state index is 0.0647. The van der Waals surface area contributed by atoms with Crippen molar-refractivity contribution in [1.29, 1.82) is 0 Å². The van der Waals surface area contributed by atoms with Crippen LogP contribution in [0.25, 0.3) is 0 Å². The van der Waals surface area contributed by atoms with E-state index in [4.69, 9.17) is 9.47 Å². The Morgan fingerprint density at radius 3 is 2.53 bits per heavy atom. The average molecular weight is 430 g/mol. The molecule has 0 spiro atoms. The Morgan fingerprint density at radius 1 is 1.20 bits per heavy atom. The topological polar surface area (TPSA) is 64.6 Å². The fourth-order valence-electron chi connectivity index (χ4n) is 3.62. The molecule has 0 saturated carbocycles. The lowest BCUT2D eigenvalue weighted by Crippen LogP contribution is -2.21. The Balaban J connectivity index is 1.69. The van der Waals surface area contributed by atoms with Gasteiger partial charge in [0.2, 0.25) is 0 Å². The largest absolute Gasteiger partial charge is 0.484 e. The van der Waals surface area contributed by atoms with Crippen molar-refractivity contribution in [2.24, 2.45) is 5.92 Å². The highest BCUT2D eigenvalue weighted by molar-refractivity contribution is 7.17. The second-order valence-electron chi connectivity index (χ2n) is 8.89. The van der Waals surface area contributed by atoms with Crippen LogP contribution in [0.1, 0.15) is 67.4 Å². The monoisotopic (exact) mass is 429 g/mol. The third-order valence-electron chi connectivity index (χ3n) is 5.33. The molecule has 1 heterocycles. The Labute approximate surface area is 182 Å². The summed E-state index contributed by atoms with van der Waals surface area (Å²) in [5.74, 6) is 0.572. The van der Waals surface area contributed by atoms with E-state index in [1.165, 1.54) is 21.8 Å². The van der Waals surface area contributed by atoms with E-state index >= 15 is 0 Å². The minimum atomic E-state index is -0.362. The van der Waals surface area contributed by atoms with Crippen molar-refractivity contribution >= 4 is 28.2 Å². The smallest absolute Gasteiger partial charge is 0.341 e. The van der Waals surface area contributed by atoms with Gasteiger partial charge in [0.05, 0.1) is 12.2 Å². The number of hydrogen-bond donors (Lipinski definition) is 1. The number of ether oxygens (including phenoxy) is 2. The van der Waals surface area contributed by atoms with Gasteiger partial charge in [-0.2, -0.15) is 0 Å². The minimum Gasteiger partial charge on any atom is -0.484 e. The van der Waals surface area contributed by atoms with Crippen molar-refractivity contribution in [2.75, 3.05) is 18.5 Å². The quantitative estimate of drug-likeness (QED) is 0.628. The maximum atomic E-state index is 12.6. The van der Waals surface area contributed by atoms with Crippen LogP contribution in [-0.4, -0.2) is 25.1 Å². The predicted octanol–water partition coefficient (Wildman–Crippen LogP) is 5.36. The van der Waals surface area contributed by atoms with Gasteiger partial charge in [0.1, 0.15) is 10.8 Å². The van der Waals surface area contributed by atoms with Gasteiger partial charge in [-0.05, 0) is 60.8 Å². The van der Waals surface area contributed by atoms with Crippen molar-refractivity contribution in [3.8, 4) is 5.75 Å². The van der Waals surface area contributed by atoms with Crippen LogP contribution in [-0.2, 0) is 27.8 Å². The molecule has 1 aliphatic rings. The highest BCUT2D eigenvalue weighted by Crippen LogP contribution is 2.40. The van der Waals surface area contributed by atoms with E-state index in [9.17, 15) is 9.59 Å². The molecule has 1 aromatic heterocycles. The molecule has 1 amide bonds. The van der Waals surface area contributed by atoms with Crippen LogP contribution in [0.5, 0.6) is 5.75 Å². The Kier molecular flexibility index (Phi) is 6.86. The van der Waals surface area contributed by atoms with Gasteiger partial charge in [-0.25, -0.2) is 4.79 Å². The van der Waals surface area contributed by atoms with E-state index in [1.807, 2.05) is 24.3 Å². The number of esters is 1. The van der Waals surface area contributed by atoms with Crippen LogP contribution in [0.4, 0.5) is 5.00 Å². The van der Waals surface area contributed by atoms with Crippen LogP contribution in [0, 0.1) is 5.92 Å². The van der Waals surface area contributed by atoms with Crippen molar-refractivity contribution < 1.29 is 19.1 Å². The van der Waals surface area contributed by atoms with Gasteiger partial charge in [0.15, 0.2) is 6.61 Å².